The lowest BCUT2D eigenvalue weighted by atomic mass is 9.99. The Kier molecular flexibility index (Phi) is 7.99. The van der Waals surface area contributed by atoms with Crippen LogP contribution in [0.5, 0.6) is 0 Å². The van der Waals surface area contributed by atoms with Gasteiger partial charge in [-0.1, -0.05) is 48.5 Å². The third-order valence-electron chi connectivity index (χ3n) is 6.47. The summed E-state index contributed by atoms with van der Waals surface area (Å²) in [4.78, 5) is 17.7. The fourth-order valence-electron chi connectivity index (χ4n) is 4.47. The number of benzene rings is 3. The van der Waals surface area contributed by atoms with Gasteiger partial charge in [-0.3, -0.25) is 4.79 Å². The Labute approximate surface area is 231 Å². The van der Waals surface area contributed by atoms with E-state index >= 15 is 0 Å². The first-order chi connectivity index (χ1) is 19.5. The third-order valence-corrected chi connectivity index (χ3v) is 6.47. The number of nitrogens with one attached hydrogen (secondary N) is 2. The molecule has 9 heteroatoms. The molecular weight excluding hydrogens is 502 g/mol. The van der Waals surface area contributed by atoms with Gasteiger partial charge in [-0.05, 0) is 55.2 Å². The van der Waals surface area contributed by atoms with Gasteiger partial charge >= 0.3 is 0 Å². The van der Waals surface area contributed by atoms with Crippen molar-refractivity contribution in [2.45, 2.75) is 31.8 Å². The predicted octanol–water partition coefficient (Wildman–Crippen LogP) is 5.95. The summed E-state index contributed by atoms with van der Waals surface area (Å²) in [6, 6.07) is 27.3. The van der Waals surface area contributed by atoms with Crippen LogP contribution in [0.3, 0.4) is 0 Å². The minimum absolute atomic E-state index is 0.370. The molecule has 0 aliphatic rings. The van der Waals surface area contributed by atoms with Crippen LogP contribution in [0, 0.1) is 11.3 Å². The van der Waals surface area contributed by atoms with Crippen LogP contribution < -0.4 is 16.4 Å². The number of unbranched alkanes of at least 4 members (excludes halogenated alkanes) is 2. The minimum atomic E-state index is -1.30. The highest BCUT2D eigenvalue weighted by molar-refractivity contribution is 5.99. The van der Waals surface area contributed by atoms with Crippen LogP contribution in [0.15, 0.2) is 91.1 Å². The summed E-state index contributed by atoms with van der Waals surface area (Å²) in [7, 11) is 0. The number of nitrogens with zero attached hydrogens (tertiary/aromatic N) is 4. The molecule has 5 aromatic rings. The summed E-state index contributed by atoms with van der Waals surface area (Å²) in [5.41, 5.74) is 10.6. The molecule has 0 saturated heterocycles. The molecule has 1 unspecified atom stereocenters. The van der Waals surface area contributed by atoms with E-state index in [1.54, 1.807) is 53.2 Å². The van der Waals surface area contributed by atoms with E-state index in [2.05, 4.69) is 21.8 Å². The molecule has 5 rings (SSSR count). The summed E-state index contributed by atoms with van der Waals surface area (Å²) in [6.45, 7) is 0. The highest BCUT2D eigenvalue weighted by atomic mass is 16.3. The number of Topliss-reactive ketones (excluding diaryl/α,β-unsaturated/α-hetero) is 1. The molecule has 40 heavy (non-hydrogen) atoms. The van der Waals surface area contributed by atoms with Gasteiger partial charge in [-0.2, -0.15) is 14.9 Å². The topological polar surface area (TPSA) is 141 Å². The number of carbonyl (C=O) groups is 1. The molecule has 0 aliphatic heterocycles. The average molecular weight is 532 g/mol. The molecule has 0 bridgehead atoms. The maximum absolute atomic E-state index is 12.8. The number of aryl methyl sites for hydroxylation is 1. The second kappa shape index (κ2) is 12.1. The van der Waals surface area contributed by atoms with E-state index in [0.29, 0.717) is 46.2 Å². The van der Waals surface area contributed by atoms with Gasteiger partial charge in [0.05, 0.1) is 12.3 Å². The van der Waals surface area contributed by atoms with E-state index in [9.17, 15) is 9.90 Å². The number of nitriles is 1. The number of fused-ring (bicyclic) bond motifs is 1. The molecule has 200 valence electrons. The smallest absolute Gasteiger partial charge is 0.195 e. The van der Waals surface area contributed by atoms with Crippen molar-refractivity contribution in [2.75, 3.05) is 16.4 Å². The number of hydrogen-bond acceptors (Lipinski definition) is 8. The number of hydrogen-bond donors (Lipinski definition) is 4. The van der Waals surface area contributed by atoms with Crippen molar-refractivity contribution in [3.05, 3.63) is 108 Å². The molecule has 9 nitrogen and oxygen atoms in total. The van der Waals surface area contributed by atoms with E-state index in [1.807, 2.05) is 42.5 Å². The number of anilines is 5. The molecule has 0 amide bonds. The Hall–Kier alpha value is -5.20. The van der Waals surface area contributed by atoms with Crippen LogP contribution in [0.4, 0.5) is 28.7 Å². The lowest BCUT2D eigenvalue weighted by Gasteiger charge is -2.15. The number of rotatable bonds is 11. The molecule has 2 aromatic heterocycles. The molecule has 0 saturated carbocycles. The summed E-state index contributed by atoms with van der Waals surface area (Å²) in [5.74, 6) is 0.862. The maximum atomic E-state index is 12.8. The van der Waals surface area contributed by atoms with Crippen molar-refractivity contribution in [1.29, 1.82) is 5.26 Å². The molecule has 0 spiro atoms. The fourth-order valence-corrected chi connectivity index (χ4v) is 4.47. The standard InChI is InChI=1S/C31H29N7O2/c32-16-6-2-5-11-23-20-34-38-28(19-27(37-31(23)38)35-26-15-8-13-24(33)18-26)36-25-14-7-12-22(17-25)30(40)29(39)21-9-3-1-4-10-21/h1,3-4,7-10,12-15,17-20,30,36,40H,2,5-6,11,33H2,(H,35,37). The average Bonchev–Trinajstić information content (AvgIpc) is 3.38. The predicted molar refractivity (Wildman–Crippen MR) is 156 cm³/mol. The molecule has 1 atom stereocenters. The maximum Gasteiger partial charge on any atom is 0.195 e. The third kappa shape index (κ3) is 6.09. The first-order valence-electron chi connectivity index (χ1n) is 13.0. The molecule has 0 aliphatic carbocycles. The van der Waals surface area contributed by atoms with Crippen molar-refractivity contribution < 1.29 is 9.90 Å². The largest absolute Gasteiger partial charge is 0.399 e. The van der Waals surface area contributed by atoms with E-state index < -0.39 is 6.10 Å². The number of carbonyl (C=O) groups excluding carboxylic acids is 1. The van der Waals surface area contributed by atoms with Gasteiger partial charge in [0.25, 0.3) is 0 Å². The van der Waals surface area contributed by atoms with Gasteiger partial charge in [-0.15, -0.1) is 0 Å². The van der Waals surface area contributed by atoms with Gasteiger partial charge in [-0.25, -0.2) is 4.98 Å². The molecule has 3 aromatic carbocycles. The van der Waals surface area contributed by atoms with Crippen molar-refractivity contribution in [1.82, 2.24) is 14.6 Å². The zero-order chi connectivity index (χ0) is 27.9. The summed E-state index contributed by atoms with van der Waals surface area (Å²) >= 11 is 0. The van der Waals surface area contributed by atoms with Gasteiger partial charge < -0.3 is 21.5 Å². The van der Waals surface area contributed by atoms with Crippen molar-refractivity contribution in [2.24, 2.45) is 0 Å². The number of aliphatic hydroxyl groups is 1. The van der Waals surface area contributed by atoms with E-state index in [4.69, 9.17) is 16.0 Å². The zero-order valence-corrected chi connectivity index (χ0v) is 21.8. The van der Waals surface area contributed by atoms with Crippen LogP contribution in [0.25, 0.3) is 5.65 Å². The van der Waals surface area contributed by atoms with E-state index in [-0.39, 0.29) is 5.78 Å². The summed E-state index contributed by atoms with van der Waals surface area (Å²) in [6.07, 6.45) is 3.40. The summed E-state index contributed by atoms with van der Waals surface area (Å²) < 4.78 is 1.72. The van der Waals surface area contributed by atoms with Crippen LogP contribution in [0.1, 0.15) is 46.9 Å². The Morgan fingerprint density at radius 2 is 1.75 bits per heavy atom. The van der Waals surface area contributed by atoms with Crippen molar-refractivity contribution >= 4 is 40.1 Å². The lowest BCUT2D eigenvalue weighted by Crippen LogP contribution is -2.12. The number of nitrogens with two attached hydrogens (primary N) is 1. The summed E-state index contributed by atoms with van der Waals surface area (Å²) in [5, 5.41) is 31.0. The molecule has 2 heterocycles. The second-order valence-electron chi connectivity index (χ2n) is 9.43. The quantitative estimate of drug-likeness (QED) is 0.0930. The van der Waals surface area contributed by atoms with Gasteiger partial charge in [0.1, 0.15) is 17.7 Å². The van der Waals surface area contributed by atoms with Gasteiger partial charge in [0.2, 0.25) is 0 Å². The molecule has 5 N–H and O–H groups in total. The zero-order valence-electron chi connectivity index (χ0n) is 21.8. The highest BCUT2D eigenvalue weighted by Crippen LogP contribution is 2.28. The Morgan fingerprint density at radius 3 is 2.52 bits per heavy atom. The second-order valence-corrected chi connectivity index (χ2v) is 9.43. The Balaban J connectivity index is 1.46. The van der Waals surface area contributed by atoms with E-state index in [1.165, 1.54) is 0 Å². The van der Waals surface area contributed by atoms with Gasteiger partial charge in [0, 0.05) is 40.7 Å². The molecule has 0 fully saturated rings. The Morgan fingerprint density at radius 1 is 0.975 bits per heavy atom. The van der Waals surface area contributed by atoms with Gasteiger partial charge in [0.15, 0.2) is 11.4 Å². The first-order valence-corrected chi connectivity index (χ1v) is 13.0. The Bertz CT molecular complexity index is 1670. The SMILES string of the molecule is N#CCCCCc1cnn2c(Nc3cccc(C(O)C(=O)c4ccccc4)c3)cc(Nc3cccc(N)c3)nc12. The minimum Gasteiger partial charge on any atom is -0.399 e. The van der Waals surface area contributed by atoms with Crippen molar-refractivity contribution in [3.63, 3.8) is 0 Å². The molecule has 0 radical (unpaired) electrons. The molecular formula is C31H29N7O2. The van der Waals surface area contributed by atoms with Crippen molar-refractivity contribution in [3.8, 4) is 6.07 Å². The first kappa shape index (κ1) is 26.4. The van der Waals surface area contributed by atoms with Crippen LogP contribution >= 0.6 is 0 Å². The number of nitrogen functional groups attached to an aromatic ring is 1. The van der Waals surface area contributed by atoms with Crippen LogP contribution in [-0.4, -0.2) is 25.5 Å². The number of aromatic nitrogens is 3. The highest BCUT2D eigenvalue weighted by Gasteiger charge is 2.20. The fraction of sp³-hybridized carbons (Fsp3) is 0.161. The number of aliphatic hydroxyl groups excluding tert-OH is 1. The van der Waals surface area contributed by atoms with Crippen LogP contribution in [0.2, 0.25) is 0 Å². The van der Waals surface area contributed by atoms with Crippen LogP contribution in [-0.2, 0) is 6.42 Å². The lowest BCUT2D eigenvalue weighted by molar-refractivity contribution is 0.0747. The number of ketones is 1. The van der Waals surface area contributed by atoms with E-state index in [0.717, 1.165) is 30.5 Å². The monoisotopic (exact) mass is 531 g/mol. The normalized spacial score (nSPS) is 11.6.